The Hall–Kier alpha value is -3.88. The topological polar surface area (TPSA) is 129 Å². The van der Waals surface area contributed by atoms with Crippen LogP contribution in [0.2, 0.25) is 0 Å². The predicted molar refractivity (Wildman–Crippen MR) is 88.6 cm³/mol. The van der Waals surface area contributed by atoms with Crippen molar-refractivity contribution >= 4 is 30.0 Å². The summed E-state index contributed by atoms with van der Waals surface area (Å²) in [6.07, 6.45) is 3.07. The third kappa shape index (κ3) is 3.18. The van der Waals surface area contributed by atoms with E-state index in [1.165, 1.54) is 18.2 Å². The molecule has 2 heterocycles. The van der Waals surface area contributed by atoms with Crippen molar-refractivity contribution in [3.05, 3.63) is 59.5 Å². The molecule has 0 aliphatic carbocycles. The van der Waals surface area contributed by atoms with Crippen LogP contribution in [0.5, 0.6) is 0 Å². The number of aromatic carboxylic acids is 1. The fourth-order valence-corrected chi connectivity index (χ4v) is 2.53. The molecule has 1 aliphatic heterocycles. The van der Waals surface area contributed by atoms with Gasteiger partial charge >= 0.3 is 18.0 Å². The molecule has 0 spiro atoms. The van der Waals surface area contributed by atoms with Gasteiger partial charge in [-0.2, -0.15) is 0 Å². The first-order valence-electron chi connectivity index (χ1n) is 7.44. The summed E-state index contributed by atoms with van der Waals surface area (Å²) in [5.41, 5.74) is 1.10. The second-order valence-corrected chi connectivity index (χ2v) is 5.43. The van der Waals surface area contributed by atoms with E-state index in [-0.39, 0.29) is 11.3 Å². The standard InChI is InChI=1S/C17H13N3O6/c21-14(22)9-20-15(23)13(18-17(20)26)8-12-5-2-6-19(12)11-4-1-3-10(7-11)16(24)25/h1-8H,9H2,(H,18,26)(H,21,22)(H,24,25)/b13-8+. The van der Waals surface area contributed by atoms with E-state index in [1.807, 2.05) is 0 Å². The molecule has 0 unspecified atom stereocenters. The number of hydrogen-bond donors (Lipinski definition) is 3. The lowest BCUT2D eigenvalue weighted by Crippen LogP contribution is -2.35. The maximum atomic E-state index is 12.2. The van der Waals surface area contributed by atoms with Crippen LogP contribution < -0.4 is 5.32 Å². The van der Waals surface area contributed by atoms with E-state index in [0.717, 1.165) is 0 Å². The number of nitrogens with one attached hydrogen (secondary N) is 1. The Morgan fingerprint density at radius 3 is 2.58 bits per heavy atom. The Morgan fingerprint density at radius 2 is 1.88 bits per heavy atom. The summed E-state index contributed by atoms with van der Waals surface area (Å²) in [6.45, 7) is -0.732. The first kappa shape index (κ1) is 17.0. The number of carbonyl (C=O) groups excluding carboxylic acids is 2. The van der Waals surface area contributed by atoms with Gasteiger partial charge in [0, 0.05) is 17.6 Å². The van der Waals surface area contributed by atoms with Crippen molar-refractivity contribution < 1.29 is 29.4 Å². The molecule has 9 heteroatoms. The van der Waals surface area contributed by atoms with Gasteiger partial charge in [0.2, 0.25) is 0 Å². The van der Waals surface area contributed by atoms with Gasteiger partial charge in [0.15, 0.2) is 0 Å². The second-order valence-electron chi connectivity index (χ2n) is 5.43. The highest BCUT2D eigenvalue weighted by atomic mass is 16.4. The van der Waals surface area contributed by atoms with Crippen molar-refractivity contribution in [2.45, 2.75) is 0 Å². The number of amides is 3. The number of benzene rings is 1. The zero-order valence-corrected chi connectivity index (χ0v) is 13.2. The summed E-state index contributed by atoms with van der Waals surface area (Å²) < 4.78 is 1.64. The van der Waals surface area contributed by atoms with E-state index in [4.69, 9.17) is 10.2 Å². The molecule has 3 N–H and O–H groups in total. The van der Waals surface area contributed by atoms with Crippen LogP contribution in [0.1, 0.15) is 16.1 Å². The summed E-state index contributed by atoms with van der Waals surface area (Å²) in [5.74, 6) is -3.12. The number of hydrogen-bond acceptors (Lipinski definition) is 4. The quantitative estimate of drug-likeness (QED) is 0.545. The molecular weight excluding hydrogens is 342 g/mol. The van der Waals surface area contributed by atoms with Gasteiger partial charge in [-0.1, -0.05) is 6.07 Å². The molecule has 26 heavy (non-hydrogen) atoms. The van der Waals surface area contributed by atoms with Gasteiger partial charge in [0.1, 0.15) is 12.2 Å². The smallest absolute Gasteiger partial charge is 0.335 e. The summed E-state index contributed by atoms with van der Waals surface area (Å²) in [6, 6.07) is 8.76. The second kappa shape index (κ2) is 6.55. The number of rotatable bonds is 5. The van der Waals surface area contributed by atoms with Crippen molar-refractivity contribution in [3.63, 3.8) is 0 Å². The first-order valence-corrected chi connectivity index (χ1v) is 7.44. The molecule has 1 fully saturated rings. The molecule has 9 nitrogen and oxygen atoms in total. The molecule has 132 valence electrons. The summed E-state index contributed by atoms with van der Waals surface area (Å²) in [5, 5.41) is 20.2. The van der Waals surface area contributed by atoms with Crippen molar-refractivity contribution in [1.82, 2.24) is 14.8 Å². The molecule has 3 amide bonds. The minimum atomic E-state index is -1.30. The highest BCUT2D eigenvalue weighted by Gasteiger charge is 2.35. The van der Waals surface area contributed by atoms with Gasteiger partial charge in [-0.15, -0.1) is 0 Å². The molecule has 2 aromatic rings. The molecule has 3 rings (SSSR count). The Labute approximate surface area is 146 Å². The Balaban J connectivity index is 1.95. The fourth-order valence-electron chi connectivity index (χ4n) is 2.53. The van der Waals surface area contributed by atoms with Crippen molar-refractivity contribution in [2.75, 3.05) is 6.54 Å². The van der Waals surface area contributed by atoms with E-state index in [1.54, 1.807) is 35.0 Å². The molecular formula is C17H13N3O6. The lowest BCUT2D eigenvalue weighted by atomic mass is 10.2. The lowest BCUT2D eigenvalue weighted by Gasteiger charge is -2.08. The number of aromatic nitrogens is 1. The molecule has 1 aromatic heterocycles. The maximum Gasteiger partial charge on any atom is 0.335 e. The Morgan fingerprint density at radius 1 is 1.12 bits per heavy atom. The van der Waals surface area contributed by atoms with Gasteiger partial charge in [-0.3, -0.25) is 9.59 Å². The van der Waals surface area contributed by atoms with E-state index < -0.39 is 30.4 Å². The van der Waals surface area contributed by atoms with Crippen LogP contribution in [0.25, 0.3) is 11.8 Å². The fraction of sp³-hybridized carbons (Fsp3) is 0.0588. The summed E-state index contributed by atoms with van der Waals surface area (Å²) in [7, 11) is 0. The van der Waals surface area contributed by atoms with Crippen LogP contribution in [0.3, 0.4) is 0 Å². The average molecular weight is 355 g/mol. The van der Waals surface area contributed by atoms with Gasteiger partial charge in [-0.25, -0.2) is 14.5 Å². The van der Waals surface area contributed by atoms with Gasteiger partial charge in [0.05, 0.1) is 5.56 Å². The molecule has 0 bridgehead atoms. The normalized spacial score (nSPS) is 15.4. The average Bonchev–Trinajstić information content (AvgIpc) is 3.15. The number of carboxylic acid groups (broad SMARTS) is 2. The predicted octanol–water partition coefficient (Wildman–Crippen LogP) is 1.15. The van der Waals surface area contributed by atoms with Crippen molar-refractivity contribution in [2.24, 2.45) is 0 Å². The number of imide groups is 1. The number of urea groups is 1. The van der Waals surface area contributed by atoms with Crippen molar-refractivity contribution in [3.8, 4) is 5.69 Å². The van der Waals surface area contributed by atoms with Crippen molar-refractivity contribution in [1.29, 1.82) is 0 Å². The maximum absolute atomic E-state index is 12.2. The van der Waals surface area contributed by atoms with E-state index >= 15 is 0 Å². The first-order chi connectivity index (χ1) is 12.4. The monoisotopic (exact) mass is 355 g/mol. The van der Waals surface area contributed by atoms with E-state index in [0.29, 0.717) is 16.3 Å². The highest BCUT2D eigenvalue weighted by molar-refractivity contribution is 6.15. The van der Waals surface area contributed by atoms with Crippen LogP contribution in [-0.4, -0.2) is 50.1 Å². The van der Waals surface area contributed by atoms with Gasteiger partial charge in [0.25, 0.3) is 5.91 Å². The van der Waals surface area contributed by atoms with Gasteiger partial charge in [-0.05, 0) is 36.4 Å². The highest BCUT2D eigenvalue weighted by Crippen LogP contribution is 2.19. The minimum absolute atomic E-state index is 0.0643. The van der Waals surface area contributed by atoms with Crippen LogP contribution >= 0.6 is 0 Å². The van der Waals surface area contributed by atoms with E-state index in [9.17, 15) is 19.2 Å². The zero-order chi connectivity index (χ0) is 18.8. The van der Waals surface area contributed by atoms with Crippen LogP contribution in [0, 0.1) is 0 Å². The Kier molecular flexibility index (Phi) is 4.27. The number of carboxylic acids is 2. The third-order valence-corrected chi connectivity index (χ3v) is 3.70. The van der Waals surface area contributed by atoms with Crippen LogP contribution in [-0.2, 0) is 9.59 Å². The number of nitrogens with zero attached hydrogens (tertiary/aromatic N) is 2. The summed E-state index contributed by atoms with van der Waals surface area (Å²) in [4.78, 5) is 46.4. The molecule has 0 atom stereocenters. The molecule has 1 aliphatic rings. The largest absolute Gasteiger partial charge is 0.480 e. The molecule has 1 saturated heterocycles. The van der Waals surface area contributed by atoms with Crippen LogP contribution in [0.15, 0.2) is 48.3 Å². The summed E-state index contributed by atoms with van der Waals surface area (Å²) >= 11 is 0. The SMILES string of the molecule is O=C(O)CN1C(=O)N/C(=C/c2cccn2-c2cccc(C(=O)O)c2)C1=O. The van der Waals surface area contributed by atoms with E-state index in [2.05, 4.69) is 5.32 Å². The van der Waals surface area contributed by atoms with Gasteiger partial charge < -0.3 is 20.1 Å². The molecule has 0 radical (unpaired) electrons. The molecule has 1 aromatic carbocycles. The zero-order valence-electron chi connectivity index (χ0n) is 13.2. The molecule has 0 saturated carbocycles. The Bertz CT molecular complexity index is 959. The minimum Gasteiger partial charge on any atom is -0.480 e. The lowest BCUT2D eigenvalue weighted by molar-refractivity contribution is -0.140. The third-order valence-electron chi connectivity index (χ3n) is 3.70. The number of carbonyl (C=O) groups is 4. The van der Waals surface area contributed by atoms with Crippen LogP contribution in [0.4, 0.5) is 4.79 Å². The number of aliphatic carboxylic acids is 1.